The first-order chi connectivity index (χ1) is 9.72. The second kappa shape index (κ2) is 5.26. The Bertz CT molecular complexity index is 792. The second-order valence-electron chi connectivity index (χ2n) is 3.98. The van der Waals surface area contributed by atoms with Crippen LogP contribution in [0.15, 0.2) is 58.7 Å². The van der Waals surface area contributed by atoms with Crippen molar-refractivity contribution in [3.63, 3.8) is 0 Å². The van der Waals surface area contributed by atoms with Crippen LogP contribution in [-0.4, -0.2) is 26.0 Å². The summed E-state index contributed by atoms with van der Waals surface area (Å²) in [5.74, 6) is -0.940. The predicted molar refractivity (Wildman–Crippen MR) is 74.9 cm³/mol. The molecule has 3 rings (SSSR count). The van der Waals surface area contributed by atoms with Gasteiger partial charge in [-0.25, -0.2) is 14.8 Å². The highest BCUT2D eigenvalue weighted by Crippen LogP contribution is 2.27. The lowest BCUT2D eigenvalue weighted by Crippen LogP contribution is -1.95. The molecule has 2 aromatic heterocycles. The minimum absolute atomic E-state index is 0.260. The topological polar surface area (TPSA) is 76.0 Å². The molecule has 0 saturated carbocycles. The van der Waals surface area contributed by atoms with E-state index in [0.717, 1.165) is 15.4 Å². The molecular formula is C14H9N3O2S. The molecule has 2 heterocycles. The Morgan fingerprint density at radius 2 is 1.95 bits per heavy atom. The Kier molecular flexibility index (Phi) is 3.30. The van der Waals surface area contributed by atoms with Crippen LogP contribution >= 0.6 is 11.8 Å². The summed E-state index contributed by atoms with van der Waals surface area (Å²) in [7, 11) is 0. The maximum absolute atomic E-state index is 10.9. The Morgan fingerprint density at radius 3 is 2.80 bits per heavy atom. The number of benzene rings is 1. The number of carboxylic acid groups (broad SMARTS) is 1. The van der Waals surface area contributed by atoms with Crippen LogP contribution < -0.4 is 0 Å². The number of hydrogen-bond donors (Lipinski definition) is 1. The molecule has 0 fully saturated rings. The van der Waals surface area contributed by atoms with E-state index in [2.05, 4.69) is 15.0 Å². The van der Waals surface area contributed by atoms with Gasteiger partial charge in [0.15, 0.2) is 5.65 Å². The summed E-state index contributed by atoms with van der Waals surface area (Å²) in [5.41, 5.74) is 1.57. The zero-order chi connectivity index (χ0) is 13.9. The lowest BCUT2D eigenvalue weighted by molar-refractivity contribution is 0.0696. The third kappa shape index (κ3) is 2.60. The molecule has 1 aromatic carbocycles. The highest BCUT2D eigenvalue weighted by atomic mass is 32.2. The van der Waals surface area contributed by atoms with Gasteiger partial charge >= 0.3 is 5.97 Å². The van der Waals surface area contributed by atoms with Gasteiger partial charge in [0, 0.05) is 17.3 Å². The first-order valence-corrected chi connectivity index (χ1v) is 6.63. The molecule has 0 aliphatic heterocycles. The number of aromatic nitrogens is 3. The van der Waals surface area contributed by atoms with E-state index in [-0.39, 0.29) is 5.56 Å². The van der Waals surface area contributed by atoms with Crippen molar-refractivity contribution in [3.05, 3.63) is 54.4 Å². The maximum Gasteiger partial charge on any atom is 0.335 e. The third-order valence-corrected chi connectivity index (χ3v) is 3.54. The summed E-state index contributed by atoms with van der Waals surface area (Å²) in [5, 5.41) is 9.72. The van der Waals surface area contributed by atoms with Gasteiger partial charge in [-0.1, -0.05) is 17.8 Å². The fraction of sp³-hybridized carbons (Fsp3) is 0. The molecule has 0 aliphatic rings. The Morgan fingerprint density at radius 1 is 1.10 bits per heavy atom. The molecule has 0 radical (unpaired) electrons. The van der Waals surface area contributed by atoms with Gasteiger partial charge in [-0.05, 0) is 30.3 Å². The largest absolute Gasteiger partial charge is 0.478 e. The van der Waals surface area contributed by atoms with E-state index in [4.69, 9.17) is 5.11 Å². The fourth-order valence-corrected chi connectivity index (χ4v) is 2.55. The average molecular weight is 283 g/mol. The standard InChI is InChI=1S/C14H9N3O2S/c18-14(19)9-2-1-3-10(8-9)20-12-5-4-11-13(17-12)16-7-6-15-11/h1-8H,(H,18,19). The van der Waals surface area contributed by atoms with E-state index >= 15 is 0 Å². The van der Waals surface area contributed by atoms with Crippen molar-refractivity contribution < 1.29 is 9.90 Å². The summed E-state index contributed by atoms with van der Waals surface area (Å²) >= 11 is 1.39. The van der Waals surface area contributed by atoms with Crippen LogP contribution in [0.3, 0.4) is 0 Å². The SMILES string of the molecule is O=C(O)c1cccc(Sc2ccc3nccnc3n2)c1. The average Bonchev–Trinajstić information content (AvgIpc) is 2.47. The number of nitrogens with zero attached hydrogens (tertiary/aromatic N) is 3. The molecule has 3 aromatic rings. The molecule has 98 valence electrons. The molecular weight excluding hydrogens is 274 g/mol. The first kappa shape index (κ1) is 12.6. The Labute approximate surface area is 118 Å². The van der Waals surface area contributed by atoms with Gasteiger partial charge < -0.3 is 5.11 Å². The number of fused-ring (bicyclic) bond motifs is 1. The van der Waals surface area contributed by atoms with Crippen molar-refractivity contribution in [2.45, 2.75) is 9.92 Å². The summed E-state index contributed by atoms with van der Waals surface area (Å²) in [6.45, 7) is 0. The molecule has 1 N–H and O–H groups in total. The third-order valence-electron chi connectivity index (χ3n) is 2.61. The van der Waals surface area contributed by atoms with E-state index in [1.807, 2.05) is 18.2 Å². The van der Waals surface area contributed by atoms with Gasteiger partial charge in [0.1, 0.15) is 10.5 Å². The minimum Gasteiger partial charge on any atom is -0.478 e. The zero-order valence-corrected chi connectivity index (χ0v) is 11.0. The summed E-state index contributed by atoms with van der Waals surface area (Å²) in [6.07, 6.45) is 3.21. The molecule has 20 heavy (non-hydrogen) atoms. The smallest absolute Gasteiger partial charge is 0.335 e. The van der Waals surface area contributed by atoms with Crippen LogP contribution in [0.2, 0.25) is 0 Å². The van der Waals surface area contributed by atoms with E-state index in [9.17, 15) is 4.79 Å². The number of carbonyl (C=O) groups is 1. The molecule has 0 amide bonds. The number of rotatable bonds is 3. The van der Waals surface area contributed by atoms with Crippen LogP contribution in [0.25, 0.3) is 11.2 Å². The number of carboxylic acids is 1. The molecule has 0 saturated heterocycles. The van der Waals surface area contributed by atoms with Crippen molar-refractivity contribution in [1.29, 1.82) is 0 Å². The van der Waals surface area contributed by atoms with Crippen molar-refractivity contribution >= 4 is 28.9 Å². The molecule has 0 atom stereocenters. The van der Waals surface area contributed by atoms with Crippen molar-refractivity contribution in [2.24, 2.45) is 0 Å². The van der Waals surface area contributed by atoms with Gasteiger partial charge in [0.2, 0.25) is 0 Å². The molecule has 0 spiro atoms. The summed E-state index contributed by atoms with van der Waals surface area (Å²) < 4.78 is 0. The van der Waals surface area contributed by atoms with Gasteiger partial charge in [0.05, 0.1) is 5.56 Å². The number of hydrogen-bond acceptors (Lipinski definition) is 5. The van der Waals surface area contributed by atoms with Gasteiger partial charge in [0.25, 0.3) is 0 Å². The highest BCUT2D eigenvalue weighted by molar-refractivity contribution is 7.99. The Balaban J connectivity index is 1.92. The predicted octanol–water partition coefficient (Wildman–Crippen LogP) is 2.87. The fourth-order valence-electron chi connectivity index (χ4n) is 1.71. The zero-order valence-electron chi connectivity index (χ0n) is 10.2. The molecule has 0 unspecified atom stereocenters. The first-order valence-electron chi connectivity index (χ1n) is 5.81. The normalized spacial score (nSPS) is 10.6. The van der Waals surface area contributed by atoms with Crippen molar-refractivity contribution in [1.82, 2.24) is 15.0 Å². The molecule has 5 nitrogen and oxygen atoms in total. The van der Waals surface area contributed by atoms with Gasteiger partial charge in [-0.2, -0.15) is 0 Å². The van der Waals surface area contributed by atoms with Crippen LogP contribution in [0.1, 0.15) is 10.4 Å². The van der Waals surface area contributed by atoms with E-state index < -0.39 is 5.97 Å². The summed E-state index contributed by atoms with van der Waals surface area (Å²) in [4.78, 5) is 24.4. The summed E-state index contributed by atoms with van der Waals surface area (Å²) in [6, 6.07) is 10.4. The molecule has 6 heteroatoms. The van der Waals surface area contributed by atoms with Crippen molar-refractivity contribution in [3.8, 4) is 0 Å². The quantitative estimate of drug-likeness (QED) is 0.796. The van der Waals surface area contributed by atoms with Gasteiger partial charge in [-0.15, -0.1) is 0 Å². The van der Waals surface area contributed by atoms with Crippen LogP contribution in [-0.2, 0) is 0 Å². The van der Waals surface area contributed by atoms with Gasteiger partial charge in [-0.3, -0.25) is 4.98 Å². The van der Waals surface area contributed by atoms with E-state index in [1.165, 1.54) is 11.8 Å². The lowest BCUT2D eigenvalue weighted by atomic mass is 10.2. The van der Waals surface area contributed by atoms with Crippen molar-refractivity contribution in [2.75, 3.05) is 0 Å². The highest BCUT2D eigenvalue weighted by Gasteiger charge is 2.06. The van der Waals surface area contributed by atoms with Crippen LogP contribution in [0.4, 0.5) is 0 Å². The van der Waals surface area contributed by atoms with Crippen LogP contribution in [0, 0.1) is 0 Å². The monoisotopic (exact) mass is 283 g/mol. The number of aromatic carboxylic acids is 1. The second-order valence-corrected chi connectivity index (χ2v) is 5.08. The molecule has 0 aliphatic carbocycles. The van der Waals surface area contributed by atoms with E-state index in [1.54, 1.807) is 30.6 Å². The Hall–Kier alpha value is -2.47. The number of pyridine rings is 1. The lowest BCUT2D eigenvalue weighted by Gasteiger charge is -2.03. The van der Waals surface area contributed by atoms with Crippen LogP contribution in [0.5, 0.6) is 0 Å². The maximum atomic E-state index is 10.9. The van der Waals surface area contributed by atoms with E-state index in [0.29, 0.717) is 5.65 Å². The molecule has 0 bridgehead atoms. The minimum atomic E-state index is -0.940.